The van der Waals surface area contributed by atoms with Gasteiger partial charge in [-0.2, -0.15) is 10.2 Å². The molecule has 2 N–H and O–H groups in total. The first-order chi connectivity index (χ1) is 15.1. The molecule has 2 aromatic heterocycles. The van der Waals surface area contributed by atoms with Gasteiger partial charge in [-0.25, -0.2) is 9.67 Å². The van der Waals surface area contributed by atoms with Gasteiger partial charge in [0.1, 0.15) is 0 Å². The van der Waals surface area contributed by atoms with E-state index in [1.807, 2.05) is 59.3 Å². The summed E-state index contributed by atoms with van der Waals surface area (Å²) < 4.78 is 3.69. The summed E-state index contributed by atoms with van der Waals surface area (Å²) in [5, 5.41) is 16.4. The summed E-state index contributed by atoms with van der Waals surface area (Å²) in [7, 11) is 1.95. The van der Waals surface area contributed by atoms with Gasteiger partial charge >= 0.3 is 0 Å². The highest BCUT2D eigenvalue weighted by Gasteiger charge is 2.21. The number of benzene rings is 1. The zero-order chi connectivity index (χ0) is 21.6. The molecule has 32 heavy (non-hydrogen) atoms. The average molecular weight is 569 g/mol. The molecule has 4 rings (SSSR count). The van der Waals surface area contributed by atoms with E-state index in [4.69, 9.17) is 16.6 Å². The van der Waals surface area contributed by atoms with Crippen LogP contribution in [-0.2, 0) is 13.6 Å². The van der Waals surface area contributed by atoms with Gasteiger partial charge < -0.3 is 15.5 Å². The molecule has 0 aliphatic carbocycles. The fraction of sp³-hybridized carbons (Fsp3) is 0.409. The molecule has 1 aromatic carbocycles. The molecule has 1 aliphatic heterocycles. The van der Waals surface area contributed by atoms with Gasteiger partial charge in [-0.15, -0.1) is 24.0 Å². The van der Waals surface area contributed by atoms with Crippen molar-refractivity contribution in [3.8, 4) is 5.69 Å². The third-order valence-electron chi connectivity index (χ3n) is 5.31. The van der Waals surface area contributed by atoms with Gasteiger partial charge in [-0.3, -0.25) is 4.68 Å². The normalized spacial score (nSPS) is 16.5. The second-order valence-electron chi connectivity index (χ2n) is 7.77. The second kappa shape index (κ2) is 11.6. The van der Waals surface area contributed by atoms with Gasteiger partial charge in [0.15, 0.2) is 5.96 Å². The van der Waals surface area contributed by atoms with Crippen LogP contribution in [0, 0.1) is 0 Å². The number of anilines is 1. The second-order valence-corrected chi connectivity index (χ2v) is 8.20. The molecule has 172 valence electrons. The molecule has 1 aliphatic rings. The van der Waals surface area contributed by atoms with Gasteiger partial charge in [0.05, 0.1) is 30.3 Å². The molecule has 10 heteroatoms. The lowest BCUT2D eigenvalue weighted by atomic mass is 10.1. The predicted molar refractivity (Wildman–Crippen MR) is 140 cm³/mol. The minimum atomic E-state index is 0. The van der Waals surface area contributed by atoms with Crippen LogP contribution in [0.2, 0.25) is 5.02 Å². The molecule has 8 nitrogen and oxygen atoms in total. The number of nitrogens with one attached hydrogen (secondary N) is 2. The van der Waals surface area contributed by atoms with E-state index in [0.717, 1.165) is 49.7 Å². The number of halogens is 2. The summed E-state index contributed by atoms with van der Waals surface area (Å²) in [6.07, 6.45) is 10.1. The Bertz CT molecular complexity index is 1010. The third kappa shape index (κ3) is 6.38. The van der Waals surface area contributed by atoms with Crippen LogP contribution >= 0.6 is 35.6 Å². The van der Waals surface area contributed by atoms with Crippen molar-refractivity contribution < 1.29 is 0 Å². The molecule has 1 atom stereocenters. The zero-order valence-electron chi connectivity index (χ0n) is 18.4. The molecule has 1 saturated heterocycles. The number of guanidine groups is 1. The van der Waals surface area contributed by atoms with Crippen molar-refractivity contribution >= 4 is 47.2 Å². The average Bonchev–Trinajstić information content (AvgIpc) is 3.42. The van der Waals surface area contributed by atoms with Crippen LogP contribution < -0.4 is 15.5 Å². The van der Waals surface area contributed by atoms with Crippen molar-refractivity contribution in [3.63, 3.8) is 0 Å². The number of nitrogens with zero attached hydrogens (tertiary/aromatic N) is 6. The summed E-state index contributed by atoms with van der Waals surface area (Å²) in [4.78, 5) is 7.17. The molecule has 0 bridgehead atoms. The van der Waals surface area contributed by atoms with Gasteiger partial charge in [-0.05, 0) is 44.0 Å². The van der Waals surface area contributed by atoms with Crippen LogP contribution in [0.15, 0.2) is 54.0 Å². The lowest BCUT2D eigenvalue weighted by Gasteiger charge is -2.34. The molecule has 3 aromatic rings. The van der Waals surface area contributed by atoms with Crippen molar-refractivity contribution in [1.29, 1.82) is 0 Å². The molecule has 1 fully saturated rings. The van der Waals surface area contributed by atoms with Crippen molar-refractivity contribution in [2.75, 3.05) is 24.5 Å². The maximum atomic E-state index is 5.97. The SMILES string of the molecule is CCNC(=NCc1cnn(-c2ccc(Cl)cc2)c1)NC1CCCN(c2cnn(C)c2)C1.I. The van der Waals surface area contributed by atoms with Crippen molar-refractivity contribution in [1.82, 2.24) is 30.2 Å². The summed E-state index contributed by atoms with van der Waals surface area (Å²) in [6, 6.07) is 7.96. The Hall–Kier alpha value is -2.27. The van der Waals surface area contributed by atoms with E-state index < -0.39 is 0 Å². The Kier molecular flexibility index (Phi) is 8.80. The molecule has 0 saturated carbocycles. The van der Waals surface area contributed by atoms with E-state index in [1.54, 1.807) is 0 Å². The maximum absolute atomic E-state index is 5.97. The number of piperidine rings is 1. The fourth-order valence-electron chi connectivity index (χ4n) is 3.76. The standard InChI is InChI=1S/C22H29ClN8.HI/c1-3-24-22(28-19-5-4-10-30(15-19)21-13-26-29(2)16-21)25-11-17-12-27-31(14-17)20-8-6-18(23)7-9-20;/h6-9,12-14,16,19H,3-5,10-11,15H2,1-2H3,(H2,24,25,28);1H. The number of aromatic nitrogens is 4. The summed E-state index contributed by atoms with van der Waals surface area (Å²) in [5.74, 6) is 0.833. The van der Waals surface area contributed by atoms with E-state index in [9.17, 15) is 0 Å². The molecule has 0 amide bonds. The molecule has 1 unspecified atom stereocenters. The monoisotopic (exact) mass is 568 g/mol. The van der Waals surface area contributed by atoms with Crippen LogP contribution in [-0.4, -0.2) is 51.2 Å². The van der Waals surface area contributed by atoms with Crippen LogP contribution in [0.4, 0.5) is 5.69 Å². The molecular weight excluding hydrogens is 539 g/mol. The van der Waals surface area contributed by atoms with Gasteiger partial charge in [0.2, 0.25) is 0 Å². The van der Waals surface area contributed by atoms with Crippen LogP contribution in [0.3, 0.4) is 0 Å². The minimum absolute atomic E-state index is 0. The summed E-state index contributed by atoms with van der Waals surface area (Å²) in [6.45, 7) is 5.45. The van der Waals surface area contributed by atoms with Crippen LogP contribution in [0.5, 0.6) is 0 Å². The Balaban J connectivity index is 0.00000289. The van der Waals surface area contributed by atoms with E-state index in [0.29, 0.717) is 17.6 Å². The van der Waals surface area contributed by atoms with E-state index in [2.05, 4.69) is 38.9 Å². The third-order valence-corrected chi connectivity index (χ3v) is 5.56. The molecular formula is C22H30ClIN8. The molecule has 0 spiro atoms. The topological polar surface area (TPSA) is 75.3 Å². The Labute approximate surface area is 211 Å². The number of rotatable bonds is 6. The van der Waals surface area contributed by atoms with Gasteiger partial charge in [0.25, 0.3) is 0 Å². The lowest BCUT2D eigenvalue weighted by molar-refractivity contribution is 0.468. The number of aryl methyl sites for hydroxylation is 1. The van der Waals surface area contributed by atoms with Gasteiger partial charge in [-0.1, -0.05) is 11.6 Å². The first-order valence-corrected chi connectivity index (χ1v) is 11.1. The molecule has 0 radical (unpaired) electrons. The van der Waals surface area contributed by atoms with E-state index >= 15 is 0 Å². The van der Waals surface area contributed by atoms with E-state index in [-0.39, 0.29) is 24.0 Å². The number of hydrogen-bond donors (Lipinski definition) is 2. The quantitative estimate of drug-likeness (QED) is 0.270. The highest BCUT2D eigenvalue weighted by atomic mass is 127. The zero-order valence-corrected chi connectivity index (χ0v) is 21.5. The number of hydrogen-bond acceptors (Lipinski definition) is 4. The van der Waals surface area contributed by atoms with E-state index in [1.165, 1.54) is 5.69 Å². The highest BCUT2D eigenvalue weighted by molar-refractivity contribution is 14.0. The first-order valence-electron chi connectivity index (χ1n) is 10.7. The lowest BCUT2D eigenvalue weighted by Crippen LogP contribution is -2.51. The van der Waals surface area contributed by atoms with Crippen molar-refractivity contribution in [3.05, 3.63) is 59.6 Å². The summed E-state index contributed by atoms with van der Waals surface area (Å²) in [5.41, 5.74) is 3.20. The van der Waals surface area contributed by atoms with Gasteiger partial charge in [0, 0.05) is 55.7 Å². The molecule has 3 heterocycles. The number of aliphatic imine (C=N–C) groups is 1. The first kappa shape index (κ1) is 24.4. The predicted octanol–water partition coefficient (Wildman–Crippen LogP) is 3.60. The largest absolute Gasteiger partial charge is 0.367 e. The van der Waals surface area contributed by atoms with Crippen LogP contribution in [0.25, 0.3) is 5.69 Å². The fourth-order valence-corrected chi connectivity index (χ4v) is 3.89. The highest BCUT2D eigenvalue weighted by Crippen LogP contribution is 2.19. The minimum Gasteiger partial charge on any atom is -0.367 e. The van der Waals surface area contributed by atoms with Crippen LogP contribution in [0.1, 0.15) is 25.3 Å². The van der Waals surface area contributed by atoms with Crippen molar-refractivity contribution in [2.45, 2.75) is 32.4 Å². The Morgan fingerprint density at radius 1 is 1.16 bits per heavy atom. The van der Waals surface area contributed by atoms with Crippen molar-refractivity contribution in [2.24, 2.45) is 12.0 Å². The smallest absolute Gasteiger partial charge is 0.191 e. The Morgan fingerprint density at radius 2 is 1.97 bits per heavy atom. The maximum Gasteiger partial charge on any atom is 0.191 e. The summed E-state index contributed by atoms with van der Waals surface area (Å²) >= 11 is 5.97. The Morgan fingerprint density at radius 3 is 2.69 bits per heavy atom.